The molecule has 0 unspecified atom stereocenters. The van der Waals surface area contributed by atoms with E-state index in [2.05, 4.69) is 4.90 Å². The number of benzene rings is 2. The molecule has 2 aliphatic rings. The number of aliphatic hydroxyl groups is 1. The molecule has 3 atom stereocenters. The van der Waals surface area contributed by atoms with Gasteiger partial charge in [0.25, 0.3) is 0 Å². The molecule has 0 radical (unpaired) electrons. The van der Waals surface area contributed by atoms with Gasteiger partial charge in [-0.3, -0.25) is 9.69 Å². The van der Waals surface area contributed by atoms with Crippen molar-refractivity contribution in [3.63, 3.8) is 0 Å². The van der Waals surface area contributed by atoms with Crippen molar-refractivity contribution >= 4 is 28.1 Å². The number of rotatable bonds is 8. The Labute approximate surface area is 231 Å². The van der Waals surface area contributed by atoms with E-state index in [1.807, 2.05) is 49.4 Å². The number of carbonyl (C=O) groups is 1. The molecule has 2 heterocycles. The number of carbonyl (C=O) groups excluding carboxylic acids is 1. The van der Waals surface area contributed by atoms with Gasteiger partial charge >= 0.3 is 0 Å². The van der Waals surface area contributed by atoms with Gasteiger partial charge in [-0.15, -0.1) is 0 Å². The minimum absolute atomic E-state index is 0.0252. The van der Waals surface area contributed by atoms with Crippen LogP contribution in [-0.4, -0.2) is 105 Å². The zero-order valence-corrected chi connectivity index (χ0v) is 23.7. The van der Waals surface area contributed by atoms with Gasteiger partial charge in [0, 0.05) is 38.6 Å². The molecule has 0 saturated carbocycles. The van der Waals surface area contributed by atoms with E-state index in [0.717, 1.165) is 11.1 Å². The van der Waals surface area contributed by atoms with Crippen LogP contribution in [0.15, 0.2) is 53.4 Å². The van der Waals surface area contributed by atoms with Crippen molar-refractivity contribution in [1.29, 1.82) is 0 Å². The highest BCUT2D eigenvalue weighted by Crippen LogP contribution is 2.34. The fraction of sp³-hybridized carbons (Fsp3) is 0.483. The summed E-state index contributed by atoms with van der Waals surface area (Å²) in [5.74, 6) is -0.0299. The van der Waals surface area contributed by atoms with Gasteiger partial charge in [0.1, 0.15) is 16.7 Å². The SMILES string of the molecule is C[C@@H]1CN([C@H](C)CO)S(=O)(=O)c2ccc(/C=C/c3ccccc3)cc2O[C@@H]1CN(C)C(=O)CN1CCOCC1. The van der Waals surface area contributed by atoms with Crippen molar-refractivity contribution in [2.75, 3.05) is 59.6 Å². The van der Waals surface area contributed by atoms with E-state index < -0.39 is 22.2 Å². The summed E-state index contributed by atoms with van der Waals surface area (Å²) in [5.41, 5.74) is 1.81. The van der Waals surface area contributed by atoms with Crippen LogP contribution in [0, 0.1) is 5.92 Å². The molecule has 2 aromatic carbocycles. The number of likely N-dealkylation sites (N-methyl/N-ethyl adjacent to an activating group) is 1. The van der Waals surface area contributed by atoms with Crippen molar-refractivity contribution in [2.45, 2.75) is 30.9 Å². The number of ether oxygens (including phenoxy) is 2. The Morgan fingerprint density at radius 1 is 1.13 bits per heavy atom. The van der Waals surface area contributed by atoms with Crippen LogP contribution in [0.1, 0.15) is 25.0 Å². The molecule has 1 saturated heterocycles. The standard InChI is InChI=1S/C29H39N3O6S/c1-22-18-32(23(2)21-33)39(35,36)28-12-11-25(10-9-24-7-5-4-6-8-24)17-26(28)38-27(22)19-30(3)29(34)20-31-13-15-37-16-14-31/h4-12,17,22-23,27,33H,13-16,18-21H2,1-3H3/b10-9+/t22-,23-,27-/m1/s1. The van der Waals surface area contributed by atoms with Gasteiger partial charge in [0.2, 0.25) is 15.9 Å². The largest absolute Gasteiger partial charge is 0.487 e. The maximum atomic E-state index is 13.7. The quantitative estimate of drug-likeness (QED) is 0.498. The predicted octanol–water partition coefficient (Wildman–Crippen LogP) is 2.42. The normalized spacial score (nSPS) is 22.9. The second-order valence-corrected chi connectivity index (χ2v) is 12.2. The second kappa shape index (κ2) is 13.1. The van der Waals surface area contributed by atoms with Gasteiger partial charge in [-0.05, 0) is 30.2 Å². The van der Waals surface area contributed by atoms with Crippen molar-refractivity contribution in [3.8, 4) is 5.75 Å². The minimum Gasteiger partial charge on any atom is -0.487 e. The lowest BCUT2D eigenvalue weighted by Crippen LogP contribution is -2.51. The van der Waals surface area contributed by atoms with Gasteiger partial charge < -0.3 is 19.5 Å². The summed E-state index contributed by atoms with van der Waals surface area (Å²) < 4.78 is 40.6. The van der Waals surface area contributed by atoms with E-state index in [-0.39, 0.29) is 35.6 Å². The highest BCUT2D eigenvalue weighted by atomic mass is 32.2. The number of hydrogen-bond acceptors (Lipinski definition) is 7. The third-order valence-corrected chi connectivity index (χ3v) is 9.32. The third-order valence-electron chi connectivity index (χ3n) is 7.30. The Balaban J connectivity index is 1.62. The fourth-order valence-electron chi connectivity index (χ4n) is 4.76. The first-order chi connectivity index (χ1) is 18.7. The average molecular weight is 558 g/mol. The minimum atomic E-state index is -3.93. The molecule has 0 spiro atoms. The first-order valence-corrected chi connectivity index (χ1v) is 14.8. The molecular weight excluding hydrogens is 518 g/mol. The number of fused-ring (bicyclic) bond motifs is 1. The summed E-state index contributed by atoms with van der Waals surface area (Å²) in [6.07, 6.45) is 3.41. The molecule has 2 aromatic rings. The number of sulfonamides is 1. The highest BCUT2D eigenvalue weighted by Gasteiger charge is 2.38. The molecule has 0 bridgehead atoms. The number of amides is 1. The first kappa shape index (κ1) is 29.2. The van der Waals surface area contributed by atoms with Crippen LogP contribution in [0.3, 0.4) is 0 Å². The van der Waals surface area contributed by atoms with Crippen molar-refractivity contribution < 1.29 is 27.8 Å². The third kappa shape index (κ3) is 7.26. The molecule has 1 fully saturated rings. The maximum absolute atomic E-state index is 13.7. The molecule has 10 heteroatoms. The van der Waals surface area contributed by atoms with E-state index in [4.69, 9.17) is 9.47 Å². The summed E-state index contributed by atoms with van der Waals surface area (Å²) in [7, 11) is -2.18. The van der Waals surface area contributed by atoms with Crippen molar-refractivity contribution in [3.05, 3.63) is 59.7 Å². The molecule has 0 aromatic heterocycles. The smallest absolute Gasteiger partial charge is 0.247 e. The topological polar surface area (TPSA) is 99.6 Å². The monoisotopic (exact) mass is 557 g/mol. The molecule has 39 heavy (non-hydrogen) atoms. The molecular formula is C29H39N3O6S. The van der Waals surface area contributed by atoms with Crippen molar-refractivity contribution in [2.24, 2.45) is 5.92 Å². The summed E-state index contributed by atoms with van der Waals surface area (Å²) in [4.78, 5) is 16.8. The van der Waals surface area contributed by atoms with E-state index in [0.29, 0.717) is 39.4 Å². The predicted molar refractivity (Wildman–Crippen MR) is 151 cm³/mol. The molecule has 1 N–H and O–H groups in total. The number of aliphatic hydroxyl groups excluding tert-OH is 1. The zero-order valence-electron chi connectivity index (χ0n) is 22.9. The molecule has 212 valence electrons. The molecule has 4 rings (SSSR count). The molecule has 0 aliphatic carbocycles. The summed E-state index contributed by atoms with van der Waals surface area (Å²) in [6.45, 7) is 6.73. The van der Waals surface area contributed by atoms with Gasteiger partial charge in [0.15, 0.2) is 0 Å². The van der Waals surface area contributed by atoms with Crippen LogP contribution in [0.25, 0.3) is 12.2 Å². The van der Waals surface area contributed by atoms with Crippen molar-refractivity contribution in [1.82, 2.24) is 14.1 Å². The van der Waals surface area contributed by atoms with Crippen LogP contribution in [-0.2, 0) is 19.6 Å². The first-order valence-electron chi connectivity index (χ1n) is 13.4. The Morgan fingerprint density at radius 3 is 2.51 bits per heavy atom. The van der Waals surface area contributed by atoms with Gasteiger partial charge in [-0.1, -0.05) is 55.5 Å². The van der Waals surface area contributed by atoms with Crippen LogP contribution >= 0.6 is 0 Å². The summed E-state index contributed by atoms with van der Waals surface area (Å²) in [5, 5.41) is 9.86. The van der Waals surface area contributed by atoms with Crippen LogP contribution in [0.2, 0.25) is 0 Å². The van der Waals surface area contributed by atoms with Gasteiger partial charge in [-0.2, -0.15) is 4.31 Å². The van der Waals surface area contributed by atoms with E-state index in [1.54, 1.807) is 37.1 Å². The van der Waals surface area contributed by atoms with E-state index in [1.165, 1.54) is 4.31 Å². The van der Waals surface area contributed by atoms with Crippen LogP contribution in [0.5, 0.6) is 5.75 Å². The Hall–Kier alpha value is -2.76. The molecule has 9 nitrogen and oxygen atoms in total. The van der Waals surface area contributed by atoms with E-state index >= 15 is 0 Å². The lowest BCUT2D eigenvalue weighted by Gasteiger charge is -2.38. The number of nitrogens with zero attached hydrogens (tertiary/aromatic N) is 3. The molecule has 1 amide bonds. The lowest BCUT2D eigenvalue weighted by atomic mass is 10.0. The second-order valence-electron chi connectivity index (χ2n) is 10.4. The van der Waals surface area contributed by atoms with Crippen LogP contribution in [0.4, 0.5) is 0 Å². The zero-order chi connectivity index (χ0) is 28.0. The molecule has 2 aliphatic heterocycles. The maximum Gasteiger partial charge on any atom is 0.247 e. The van der Waals surface area contributed by atoms with Gasteiger partial charge in [0.05, 0.1) is 32.9 Å². The Kier molecular flexibility index (Phi) is 9.79. The van der Waals surface area contributed by atoms with Gasteiger partial charge in [-0.25, -0.2) is 8.42 Å². The Bertz CT molecular complexity index is 1250. The number of morpholine rings is 1. The summed E-state index contributed by atoms with van der Waals surface area (Å²) >= 11 is 0. The number of hydrogen-bond donors (Lipinski definition) is 1. The van der Waals surface area contributed by atoms with Crippen LogP contribution < -0.4 is 4.74 Å². The fourth-order valence-corrected chi connectivity index (χ4v) is 6.59. The lowest BCUT2D eigenvalue weighted by molar-refractivity contribution is -0.133. The average Bonchev–Trinajstić information content (AvgIpc) is 2.94. The highest BCUT2D eigenvalue weighted by molar-refractivity contribution is 7.89. The van der Waals surface area contributed by atoms with E-state index in [9.17, 15) is 18.3 Å². The summed E-state index contributed by atoms with van der Waals surface area (Å²) in [6, 6.07) is 14.3. The Morgan fingerprint density at radius 2 is 1.82 bits per heavy atom.